The van der Waals surface area contributed by atoms with Crippen LogP contribution in [-0.2, 0) is 28.6 Å². The molecule has 410 valence electrons. The first-order chi connectivity index (χ1) is 35.5. The Kier molecular flexibility index (Phi) is 56.4. The summed E-state index contributed by atoms with van der Waals surface area (Å²) in [5, 5.41) is 0. The van der Waals surface area contributed by atoms with Crippen LogP contribution in [0.15, 0.2) is 109 Å². The molecule has 0 heterocycles. The molecule has 6 heteroatoms. The summed E-state index contributed by atoms with van der Waals surface area (Å²) in [7, 11) is 0. The molecule has 0 saturated carbocycles. The Morgan fingerprint density at radius 1 is 0.292 bits per heavy atom. The molecule has 0 aliphatic heterocycles. The molecule has 0 aromatic rings. The molecular weight excluding hydrogens is 889 g/mol. The molecule has 0 amide bonds. The molecule has 0 aromatic heterocycles. The highest BCUT2D eigenvalue weighted by Gasteiger charge is 2.19. The molecule has 0 spiro atoms. The van der Waals surface area contributed by atoms with Gasteiger partial charge in [-0.2, -0.15) is 0 Å². The van der Waals surface area contributed by atoms with Gasteiger partial charge >= 0.3 is 17.9 Å². The average molecular weight is 1000 g/mol. The zero-order chi connectivity index (χ0) is 52.2. The van der Waals surface area contributed by atoms with Crippen LogP contribution in [0.2, 0.25) is 0 Å². The van der Waals surface area contributed by atoms with Crippen LogP contribution < -0.4 is 0 Å². The zero-order valence-corrected chi connectivity index (χ0v) is 46.9. The van der Waals surface area contributed by atoms with E-state index in [1.54, 1.807) is 0 Å². The van der Waals surface area contributed by atoms with Gasteiger partial charge in [0.25, 0.3) is 0 Å². The number of hydrogen-bond donors (Lipinski definition) is 0. The second-order valence-electron chi connectivity index (χ2n) is 19.5. The van der Waals surface area contributed by atoms with Crippen LogP contribution in [0.1, 0.15) is 271 Å². The van der Waals surface area contributed by atoms with Gasteiger partial charge in [-0.25, -0.2) is 0 Å². The van der Waals surface area contributed by atoms with Crippen LogP contribution in [0.25, 0.3) is 0 Å². The van der Waals surface area contributed by atoms with E-state index < -0.39 is 6.10 Å². The minimum Gasteiger partial charge on any atom is -0.462 e. The highest BCUT2D eigenvalue weighted by atomic mass is 16.6. The predicted molar refractivity (Wildman–Crippen MR) is 311 cm³/mol. The van der Waals surface area contributed by atoms with E-state index in [1.807, 2.05) is 0 Å². The maximum Gasteiger partial charge on any atom is 0.306 e. The maximum absolute atomic E-state index is 12.8. The molecule has 0 aliphatic rings. The smallest absolute Gasteiger partial charge is 0.306 e. The van der Waals surface area contributed by atoms with Gasteiger partial charge in [0.15, 0.2) is 6.10 Å². The fourth-order valence-corrected chi connectivity index (χ4v) is 8.03. The lowest BCUT2D eigenvalue weighted by molar-refractivity contribution is -0.167. The van der Waals surface area contributed by atoms with Gasteiger partial charge in [-0.05, 0) is 103 Å². The van der Waals surface area contributed by atoms with Gasteiger partial charge in [0.05, 0.1) is 0 Å². The lowest BCUT2D eigenvalue weighted by Gasteiger charge is -2.18. The zero-order valence-electron chi connectivity index (χ0n) is 46.9. The van der Waals surface area contributed by atoms with Crippen LogP contribution in [0.4, 0.5) is 0 Å². The summed E-state index contributed by atoms with van der Waals surface area (Å²) in [4.78, 5) is 37.9. The van der Waals surface area contributed by atoms with Crippen molar-refractivity contribution in [3.05, 3.63) is 109 Å². The van der Waals surface area contributed by atoms with Crippen molar-refractivity contribution in [1.29, 1.82) is 0 Å². The minimum absolute atomic E-state index is 0.0833. The number of carbonyl (C=O) groups is 3. The van der Waals surface area contributed by atoms with Crippen LogP contribution >= 0.6 is 0 Å². The summed E-state index contributed by atoms with van der Waals surface area (Å²) in [6, 6.07) is 0. The molecule has 0 aromatic carbocycles. The SMILES string of the molecule is CC/C=C\C/C=C\C/C=C\C/C=C\C/C=C\C/C=C\C/C=C\CCCCCCCCCCCCCC(=O)OCC(COC(=O)CCCCCCCCC)OC(=O)CCCCCCC/C=C\C/C=C\CCCC. The van der Waals surface area contributed by atoms with Crippen molar-refractivity contribution in [2.45, 2.75) is 277 Å². The monoisotopic (exact) mass is 999 g/mol. The fraction of sp³-hybridized carbons (Fsp3) is 0.682. The lowest BCUT2D eigenvalue weighted by Crippen LogP contribution is -2.30. The van der Waals surface area contributed by atoms with Crippen molar-refractivity contribution in [3.8, 4) is 0 Å². The lowest BCUT2D eigenvalue weighted by atomic mass is 10.0. The van der Waals surface area contributed by atoms with E-state index in [-0.39, 0.29) is 31.1 Å². The second kappa shape index (κ2) is 59.6. The Balaban J connectivity index is 4.09. The third-order valence-corrected chi connectivity index (χ3v) is 12.5. The molecule has 6 nitrogen and oxygen atoms in total. The van der Waals surface area contributed by atoms with E-state index >= 15 is 0 Å². The van der Waals surface area contributed by atoms with Crippen LogP contribution in [-0.4, -0.2) is 37.2 Å². The summed E-state index contributed by atoms with van der Waals surface area (Å²) in [6.45, 7) is 6.43. The Labute approximate surface area is 444 Å². The van der Waals surface area contributed by atoms with Crippen LogP contribution in [0, 0.1) is 0 Å². The van der Waals surface area contributed by atoms with E-state index in [9.17, 15) is 14.4 Å². The van der Waals surface area contributed by atoms with E-state index in [2.05, 4.69) is 130 Å². The van der Waals surface area contributed by atoms with Gasteiger partial charge in [0.2, 0.25) is 0 Å². The molecule has 1 unspecified atom stereocenters. The largest absolute Gasteiger partial charge is 0.462 e. The van der Waals surface area contributed by atoms with Gasteiger partial charge in [-0.1, -0.05) is 259 Å². The Morgan fingerprint density at radius 3 is 0.889 bits per heavy atom. The van der Waals surface area contributed by atoms with Gasteiger partial charge < -0.3 is 14.2 Å². The third-order valence-electron chi connectivity index (χ3n) is 12.5. The van der Waals surface area contributed by atoms with Crippen LogP contribution in [0.3, 0.4) is 0 Å². The Hall–Kier alpha value is -3.93. The van der Waals surface area contributed by atoms with Gasteiger partial charge in [0.1, 0.15) is 13.2 Å². The van der Waals surface area contributed by atoms with E-state index in [4.69, 9.17) is 14.2 Å². The molecule has 0 bridgehead atoms. The molecule has 0 radical (unpaired) electrons. The van der Waals surface area contributed by atoms with Crippen molar-refractivity contribution >= 4 is 17.9 Å². The summed E-state index contributed by atoms with van der Waals surface area (Å²) in [5.41, 5.74) is 0. The van der Waals surface area contributed by atoms with E-state index in [1.165, 1.54) is 103 Å². The first-order valence-electron chi connectivity index (χ1n) is 29.9. The van der Waals surface area contributed by atoms with Gasteiger partial charge in [-0.15, -0.1) is 0 Å². The minimum atomic E-state index is -0.783. The average Bonchev–Trinajstić information content (AvgIpc) is 3.38. The molecule has 0 N–H and O–H groups in total. The fourth-order valence-electron chi connectivity index (χ4n) is 8.03. The summed E-state index contributed by atoms with van der Waals surface area (Å²) < 4.78 is 16.8. The predicted octanol–water partition coefficient (Wildman–Crippen LogP) is 20.3. The summed E-state index contributed by atoms with van der Waals surface area (Å²) in [5.74, 6) is -0.906. The normalized spacial score (nSPS) is 12.9. The topological polar surface area (TPSA) is 78.9 Å². The molecule has 0 rings (SSSR count). The summed E-state index contributed by atoms with van der Waals surface area (Å²) >= 11 is 0. The Bertz CT molecular complexity index is 1470. The van der Waals surface area contributed by atoms with Crippen molar-refractivity contribution < 1.29 is 28.6 Å². The number of unbranched alkanes of at least 4 members (excludes halogenated alkanes) is 24. The Morgan fingerprint density at radius 2 is 0.556 bits per heavy atom. The number of rotatable bonds is 53. The van der Waals surface area contributed by atoms with Crippen molar-refractivity contribution in [3.63, 3.8) is 0 Å². The molecule has 1 atom stereocenters. The van der Waals surface area contributed by atoms with Gasteiger partial charge in [-0.3, -0.25) is 14.4 Å². The molecular formula is C66H110O6. The van der Waals surface area contributed by atoms with Crippen LogP contribution in [0.5, 0.6) is 0 Å². The number of hydrogen-bond acceptors (Lipinski definition) is 6. The van der Waals surface area contributed by atoms with E-state index in [0.717, 1.165) is 128 Å². The molecule has 0 aliphatic carbocycles. The van der Waals surface area contributed by atoms with Crippen molar-refractivity contribution in [2.75, 3.05) is 13.2 Å². The quantitative estimate of drug-likeness (QED) is 0.0261. The number of ether oxygens (including phenoxy) is 3. The highest BCUT2D eigenvalue weighted by molar-refractivity contribution is 5.71. The first-order valence-corrected chi connectivity index (χ1v) is 29.9. The molecule has 0 saturated heterocycles. The standard InChI is InChI=1S/C66H110O6/c1-4-7-10-13-16-18-20-22-24-25-26-27-28-29-30-31-32-33-34-35-36-37-38-39-40-41-42-44-45-47-50-53-56-59-65(68)71-62-63(61-70-64(67)58-55-52-49-15-12-9-6-3)72-66(69)60-57-54-51-48-46-43-23-21-19-17-14-11-8-5-2/h7,10,14,16-18,21-24,26-27,29-30,32-33,35-36,63H,4-6,8-9,11-13,15,19-20,25,28,31,34,37-62H2,1-3H3/b10-7-,17-14-,18-16-,23-21-,24-22-,27-26-,30-29-,33-32-,36-35-. The first kappa shape index (κ1) is 68.1. The van der Waals surface area contributed by atoms with Gasteiger partial charge in [0, 0.05) is 19.3 Å². The summed E-state index contributed by atoms with van der Waals surface area (Å²) in [6.07, 6.45) is 81.1. The number of allylic oxidation sites excluding steroid dienone is 18. The number of carbonyl (C=O) groups excluding carboxylic acids is 3. The van der Waals surface area contributed by atoms with E-state index in [0.29, 0.717) is 19.3 Å². The molecule has 0 fully saturated rings. The third kappa shape index (κ3) is 57.0. The van der Waals surface area contributed by atoms with Crippen molar-refractivity contribution in [1.82, 2.24) is 0 Å². The number of esters is 3. The second-order valence-corrected chi connectivity index (χ2v) is 19.5. The highest BCUT2D eigenvalue weighted by Crippen LogP contribution is 2.15. The van der Waals surface area contributed by atoms with Crippen molar-refractivity contribution in [2.24, 2.45) is 0 Å². The molecule has 72 heavy (non-hydrogen) atoms. The maximum atomic E-state index is 12.8.